The second-order valence-corrected chi connectivity index (χ2v) is 9.50. The molecule has 4 aromatic rings. The van der Waals surface area contributed by atoms with Gasteiger partial charge >= 0.3 is 18.9 Å². The number of carbonyl (C=O) groups is 1. The van der Waals surface area contributed by atoms with Crippen molar-refractivity contribution in [2.24, 2.45) is 0 Å². The van der Waals surface area contributed by atoms with E-state index in [1.807, 2.05) is 0 Å². The van der Waals surface area contributed by atoms with Gasteiger partial charge in [0.2, 0.25) is 0 Å². The van der Waals surface area contributed by atoms with Gasteiger partial charge in [0.05, 0.1) is 11.1 Å². The third-order valence-electron chi connectivity index (χ3n) is 6.51. The van der Waals surface area contributed by atoms with Gasteiger partial charge in [0.1, 0.15) is 11.5 Å². The van der Waals surface area contributed by atoms with Crippen LogP contribution in [-0.4, -0.2) is 30.2 Å². The highest BCUT2D eigenvalue weighted by Crippen LogP contribution is 2.40. The lowest BCUT2D eigenvalue weighted by Gasteiger charge is -2.36. The van der Waals surface area contributed by atoms with Gasteiger partial charge in [-0.1, -0.05) is 54.6 Å². The number of pyridine rings is 1. The molecule has 0 radical (unpaired) electrons. The number of hydrogen-bond acceptors (Lipinski definition) is 4. The molecule has 0 aliphatic carbocycles. The average molecular weight is 628 g/mol. The number of amides is 1. The van der Waals surface area contributed by atoms with Crippen LogP contribution >= 0.6 is 0 Å². The van der Waals surface area contributed by atoms with Crippen LogP contribution in [0.5, 0.6) is 11.5 Å². The van der Waals surface area contributed by atoms with Crippen molar-refractivity contribution in [2.45, 2.75) is 30.7 Å². The minimum atomic E-state index is -5.09. The quantitative estimate of drug-likeness (QED) is 0.192. The van der Waals surface area contributed by atoms with E-state index in [4.69, 9.17) is 0 Å². The molecule has 5 nitrogen and oxygen atoms in total. The average Bonchev–Trinajstić information content (AvgIpc) is 2.94. The fourth-order valence-corrected chi connectivity index (χ4v) is 4.71. The third kappa shape index (κ3) is 8.20. The predicted molar refractivity (Wildman–Crippen MR) is 139 cm³/mol. The van der Waals surface area contributed by atoms with Crippen molar-refractivity contribution in [1.82, 2.24) is 10.3 Å². The normalized spacial score (nSPS) is 12.5. The Bertz CT molecular complexity index is 1530. The zero-order valence-electron chi connectivity index (χ0n) is 22.2. The van der Waals surface area contributed by atoms with Gasteiger partial charge in [0.25, 0.3) is 5.91 Å². The Morgan fingerprint density at radius 3 is 1.75 bits per heavy atom. The monoisotopic (exact) mass is 628 g/mol. The zero-order valence-corrected chi connectivity index (χ0v) is 22.2. The van der Waals surface area contributed by atoms with Crippen LogP contribution in [0.3, 0.4) is 0 Å². The van der Waals surface area contributed by atoms with Crippen LogP contribution in [0.15, 0.2) is 97.3 Å². The molecule has 232 valence electrons. The number of rotatable bonds is 9. The van der Waals surface area contributed by atoms with Gasteiger partial charge in [0.15, 0.2) is 0 Å². The number of halogens is 9. The Morgan fingerprint density at radius 1 is 0.705 bits per heavy atom. The number of aromatic nitrogens is 1. The highest BCUT2D eigenvalue weighted by molar-refractivity contribution is 5.95. The van der Waals surface area contributed by atoms with Crippen LogP contribution in [0.1, 0.15) is 32.6 Å². The van der Waals surface area contributed by atoms with Crippen molar-refractivity contribution in [3.05, 3.63) is 125 Å². The van der Waals surface area contributed by atoms with Crippen molar-refractivity contribution >= 4 is 5.91 Å². The van der Waals surface area contributed by atoms with E-state index in [1.54, 1.807) is 30.3 Å². The molecule has 1 amide bonds. The number of benzene rings is 3. The van der Waals surface area contributed by atoms with Crippen LogP contribution in [0.2, 0.25) is 0 Å². The smallest absolute Gasteiger partial charge is 0.406 e. The summed E-state index contributed by atoms with van der Waals surface area (Å²) in [4.78, 5) is 16.8. The SMILES string of the molecule is O=C(NCC(Cc1ccccc1)(c1cccc(OC(F)(F)F)c1)c1cccc(OC(F)(F)F)c1)c1cnccc1C(F)(F)F. The number of alkyl halides is 9. The molecule has 0 fully saturated rings. The summed E-state index contributed by atoms with van der Waals surface area (Å²) in [6.07, 6.45) is -13.7. The van der Waals surface area contributed by atoms with Crippen molar-refractivity contribution < 1.29 is 53.8 Å². The number of ether oxygens (including phenoxy) is 2. The molecule has 0 aliphatic rings. The Hall–Kier alpha value is -4.75. The van der Waals surface area contributed by atoms with Gasteiger partial charge in [0, 0.05) is 24.4 Å². The van der Waals surface area contributed by atoms with Crippen LogP contribution in [0.25, 0.3) is 0 Å². The lowest BCUT2D eigenvalue weighted by molar-refractivity contribution is -0.275. The van der Waals surface area contributed by atoms with E-state index in [0.29, 0.717) is 17.8 Å². The molecular weight excluding hydrogens is 607 g/mol. The van der Waals surface area contributed by atoms with Gasteiger partial charge in [-0.3, -0.25) is 9.78 Å². The molecule has 1 N–H and O–H groups in total. The summed E-state index contributed by atoms with van der Waals surface area (Å²) in [7, 11) is 0. The van der Waals surface area contributed by atoms with E-state index in [9.17, 15) is 44.3 Å². The third-order valence-corrected chi connectivity index (χ3v) is 6.51. The van der Waals surface area contributed by atoms with Crippen LogP contribution in [0.4, 0.5) is 39.5 Å². The summed E-state index contributed by atoms with van der Waals surface area (Å²) in [5.41, 5.74) is -3.20. The molecule has 0 aliphatic heterocycles. The maximum absolute atomic E-state index is 13.6. The number of carbonyl (C=O) groups excluding carboxylic acids is 1. The van der Waals surface area contributed by atoms with Crippen LogP contribution in [-0.2, 0) is 18.0 Å². The number of hydrogen-bond donors (Lipinski definition) is 1. The largest absolute Gasteiger partial charge is 0.573 e. The Labute approximate surface area is 244 Å². The second kappa shape index (κ2) is 12.5. The lowest BCUT2D eigenvalue weighted by atomic mass is 9.70. The summed E-state index contributed by atoms with van der Waals surface area (Å²) < 4.78 is 128. The van der Waals surface area contributed by atoms with Gasteiger partial charge in [-0.05, 0) is 53.4 Å². The molecule has 0 spiro atoms. The fraction of sp³-hybridized carbons (Fsp3) is 0.200. The minimum absolute atomic E-state index is 0.0368. The molecule has 0 atom stereocenters. The maximum atomic E-state index is 13.6. The summed E-state index contributed by atoms with van der Waals surface area (Å²) in [5.74, 6) is -2.57. The predicted octanol–water partition coefficient (Wildman–Crippen LogP) is 7.86. The van der Waals surface area contributed by atoms with Crippen molar-refractivity contribution in [3.8, 4) is 11.5 Å². The molecule has 1 heterocycles. The molecule has 0 saturated carbocycles. The molecule has 4 rings (SSSR count). The highest BCUT2D eigenvalue weighted by Gasteiger charge is 2.40. The van der Waals surface area contributed by atoms with Gasteiger partial charge in [-0.15, -0.1) is 26.3 Å². The Balaban J connectivity index is 1.90. The van der Waals surface area contributed by atoms with E-state index < -0.39 is 59.4 Å². The van der Waals surface area contributed by atoms with E-state index in [0.717, 1.165) is 30.5 Å². The summed E-state index contributed by atoms with van der Waals surface area (Å²) in [5, 5.41) is 2.40. The van der Waals surface area contributed by atoms with Gasteiger partial charge in [-0.25, -0.2) is 0 Å². The molecule has 0 bridgehead atoms. The van der Waals surface area contributed by atoms with Crippen molar-refractivity contribution in [1.29, 1.82) is 0 Å². The van der Waals surface area contributed by atoms with E-state index >= 15 is 0 Å². The first-order chi connectivity index (χ1) is 20.6. The van der Waals surface area contributed by atoms with Crippen LogP contribution in [0, 0.1) is 0 Å². The van der Waals surface area contributed by atoms with E-state index in [2.05, 4.69) is 19.8 Å². The molecule has 0 saturated heterocycles. The first-order valence-electron chi connectivity index (χ1n) is 12.6. The summed E-state index contributed by atoms with van der Waals surface area (Å²) in [6.45, 7) is -0.585. The standard InChI is InChI=1S/C30H21F9N2O3/c31-28(32,33)25-12-13-40-17-24(25)26(42)41-18-27(16-19-6-2-1-3-7-19,20-8-4-10-22(14-20)43-29(34,35)36)21-9-5-11-23(15-21)44-30(37,38)39/h1-15,17H,16,18H2,(H,41,42). The van der Waals surface area contributed by atoms with E-state index in [1.165, 1.54) is 24.3 Å². The lowest BCUT2D eigenvalue weighted by Crippen LogP contribution is -2.44. The van der Waals surface area contributed by atoms with Crippen molar-refractivity contribution in [3.63, 3.8) is 0 Å². The second-order valence-electron chi connectivity index (χ2n) is 9.50. The molecule has 14 heteroatoms. The molecule has 0 unspecified atom stereocenters. The zero-order chi connectivity index (χ0) is 32.2. The van der Waals surface area contributed by atoms with Crippen molar-refractivity contribution in [2.75, 3.05) is 6.54 Å². The summed E-state index contributed by atoms with van der Waals surface area (Å²) >= 11 is 0. The number of nitrogens with zero attached hydrogens (tertiary/aromatic N) is 1. The molecule has 3 aromatic carbocycles. The van der Waals surface area contributed by atoms with E-state index in [-0.39, 0.29) is 17.5 Å². The fourth-order valence-electron chi connectivity index (χ4n) is 4.71. The number of nitrogens with one attached hydrogen (secondary N) is 1. The first kappa shape index (κ1) is 32.2. The highest BCUT2D eigenvalue weighted by atomic mass is 19.4. The first-order valence-corrected chi connectivity index (χ1v) is 12.6. The van der Waals surface area contributed by atoms with Gasteiger partial charge < -0.3 is 14.8 Å². The van der Waals surface area contributed by atoms with Gasteiger partial charge in [-0.2, -0.15) is 13.2 Å². The molecule has 44 heavy (non-hydrogen) atoms. The molecule has 1 aromatic heterocycles. The molecular formula is C30H21F9N2O3. The minimum Gasteiger partial charge on any atom is -0.406 e. The Morgan fingerprint density at radius 2 is 1.25 bits per heavy atom. The topological polar surface area (TPSA) is 60.5 Å². The van der Waals surface area contributed by atoms with Crippen LogP contribution < -0.4 is 14.8 Å². The summed E-state index contributed by atoms with van der Waals surface area (Å²) in [6, 6.07) is 17.9. The Kier molecular flexibility index (Phi) is 9.11. The maximum Gasteiger partial charge on any atom is 0.573 e.